The molecule has 0 unspecified atom stereocenters. The smallest absolute Gasteiger partial charge is 0.288 e. The Kier molecular flexibility index (Phi) is 3.16. The molecule has 2 aliphatic heterocycles. The molecule has 19 heavy (non-hydrogen) atoms. The van der Waals surface area contributed by atoms with Crippen LogP contribution in [0.3, 0.4) is 0 Å². The van der Waals surface area contributed by atoms with Crippen LogP contribution in [0, 0.1) is 0 Å². The first-order valence-corrected chi connectivity index (χ1v) is 7.10. The van der Waals surface area contributed by atoms with Crippen LogP contribution in [0.15, 0.2) is 40.5 Å². The quantitative estimate of drug-likeness (QED) is 0.856. The Morgan fingerprint density at radius 3 is 3.21 bits per heavy atom. The first kappa shape index (κ1) is 12.1. The number of hydrogen-bond acceptors (Lipinski definition) is 5. The van der Waals surface area contributed by atoms with Crippen molar-refractivity contribution in [3.05, 3.63) is 40.9 Å². The molecule has 2 heterocycles. The van der Waals surface area contributed by atoms with Gasteiger partial charge in [0.05, 0.1) is 0 Å². The fourth-order valence-corrected chi connectivity index (χ4v) is 2.92. The van der Waals surface area contributed by atoms with E-state index in [0.29, 0.717) is 5.70 Å². The fraction of sp³-hybridized carbons (Fsp3) is 0.231. The molecule has 0 saturated carbocycles. The molecule has 0 aliphatic carbocycles. The summed E-state index contributed by atoms with van der Waals surface area (Å²) < 4.78 is 0. The lowest BCUT2D eigenvalue weighted by Gasteiger charge is -2.33. The molecule has 5 nitrogen and oxygen atoms in total. The van der Waals surface area contributed by atoms with Crippen LogP contribution in [0.25, 0.3) is 0 Å². The molecule has 0 fully saturated rings. The van der Waals surface area contributed by atoms with Crippen molar-refractivity contribution in [1.29, 1.82) is 0 Å². The maximum absolute atomic E-state index is 11.8. The van der Waals surface area contributed by atoms with E-state index in [-0.39, 0.29) is 5.91 Å². The van der Waals surface area contributed by atoms with Gasteiger partial charge in [-0.3, -0.25) is 4.79 Å². The highest BCUT2D eigenvalue weighted by atomic mass is 32.2. The number of hydrazone groups is 1. The summed E-state index contributed by atoms with van der Waals surface area (Å²) in [6.07, 6.45) is 0. The zero-order valence-electron chi connectivity index (χ0n) is 10.5. The number of nitrogens with one attached hydrogen (secondary N) is 2. The molecule has 1 aromatic rings. The molecular formula is C13H14N4OS. The maximum atomic E-state index is 11.8. The summed E-state index contributed by atoms with van der Waals surface area (Å²) in [5.74, 6) is 1.62. The van der Waals surface area contributed by atoms with Gasteiger partial charge in [0.25, 0.3) is 5.91 Å². The number of nitrogens with zero attached hydrogens (tertiary/aromatic N) is 2. The van der Waals surface area contributed by atoms with E-state index in [9.17, 15) is 4.79 Å². The van der Waals surface area contributed by atoms with Gasteiger partial charge in [-0.15, -0.1) is 11.8 Å². The molecule has 0 saturated heterocycles. The number of thioether (sulfide) groups is 1. The van der Waals surface area contributed by atoms with E-state index in [4.69, 9.17) is 0 Å². The average molecular weight is 274 g/mol. The van der Waals surface area contributed by atoms with Crippen LogP contribution in [-0.4, -0.2) is 36.0 Å². The molecular weight excluding hydrogens is 260 g/mol. The molecule has 0 radical (unpaired) electrons. The topological polar surface area (TPSA) is 56.7 Å². The predicted octanol–water partition coefficient (Wildman–Crippen LogP) is 1.41. The zero-order chi connectivity index (χ0) is 13.2. The van der Waals surface area contributed by atoms with Gasteiger partial charge in [0.15, 0.2) is 5.84 Å². The zero-order valence-corrected chi connectivity index (χ0v) is 11.3. The van der Waals surface area contributed by atoms with E-state index in [1.165, 1.54) is 0 Å². The van der Waals surface area contributed by atoms with Crippen molar-refractivity contribution in [3.63, 3.8) is 0 Å². The van der Waals surface area contributed by atoms with Gasteiger partial charge in [-0.05, 0) is 12.1 Å². The van der Waals surface area contributed by atoms with Crippen molar-refractivity contribution in [1.82, 2.24) is 10.3 Å². The summed E-state index contributed by atoms with van der Waals surface area (Å²) in [5.41, 5.74) is 5.26. The molecule has 3 rings (SSSR count). The SMILES string of the molecule is CNc1cccc(C2=NNC(=O)C3=CSCCN32)c1. The number of amidine groups is 1. The van der Waals surface area contributed by atoms with Gasteiger partial charge < -0.3 is 10.2 Å². The van der Waals surface area contributed by atoms with Gasteiger partial charge >= 0.3 is 0 Å². The number of fused-ring (bicyclic) bond motifs is 1. The van der Waals surface area contributed by atoms with Crippen molar-refractivity contribution in [2.75, 3.05) is 24.7 Å². The Bertz CT molecular complexity index is 582. The second-order valence-electron chi connectivity index (χ2n) is 4.23. The van der Waals surface area contributed by atoms with Gasteiger partial charge in [-0.2, -0.15) is 5.10 Å². The van der Waals surface area contributed by atoms with Gasteiger partial charge in [-0.1, -0.05) is 12.1 Å². The van der Waals surface area contributed by atoms with Crippen LogP contribution in [0.1, 0.15) is 5.56 Å². The van der Waals surface area contributed by atoms with Gasteiger partial charge in [0.1, 0.15) is 5.70 Å². The van der Waals surface area contributed by atoms with Crippen molar-refractivity contribution in [3.8, 4) is 0 Å². The highest BCUT2D eigenvalue weighted by Crippen LogP contribution is 2.24. The molecule has 0 spiro atoms. The standard InChI is InChI=1S/C13H14N4OS/c1-14-10-4-2-3-9(7-10)12-15-16-13(18)11-8-19-6-5-17(11)12/h2-4,7-8,14H,5-6H2,1H3,(H,16,18). The first-order valence-electron chi connectivity index (χ1n) is 6.05. The molecule has 0 bridgehead atoms. The second kappa shape index (κ2) is 4.97. The van der Waals surface area contributed by atoms with Gasteiger partial charge in [0.2, 0.25) is 0 Å². The van der Waals surface area contributed by atoms with Crippen LogP contribution >= 0.6 is 11.8 Å². The minimum atomic E-state index is -0.138. The van der Waals surface area contributed by atoms with Crippen LogP contribution < -0.4 is 10.7 Å². The fourth-order valence-electron chi connectivity index (χ4n) is 2.12. The third-order valence-corrected chi connectivity index (χ3v) is 3.89. The second-order valence-corrected chi connectivity index (χ2v) is 5.21. The molecule has 1 amide bonds. The number of rotatable bonds is 2. The van der Waals surface area contributed by atoms with Crippen molar-refractivity contribution < 1.29 is 4.79 Å². The third kappa shape index (κ3) is 2.19. The maximum Gasteiger partial charge on any atom is 0.288 e. The summed E-state index contributed by atoms with van der Waals surface area (Å²) in [7, 11) is 1.88. The number of hydrogen-bond donors (Lipinski definition) is 2. The van der Waals surface area contributed by atoms with E-state index < -0.39 is 0 Å². The molecule has 2 aliphatic rings. The number of anilines is 1. The van der Waals surface area contributed by atoms with E-state index >= 15 is 0 Å². The summed E-state index contributed by atoms with van der Waals surface area (Å²) in [6.45, 7) is 0.798. The van der Waals surface area contributed by atoms with Crippen molar-refractivity contribution in [2.24, 2.45) is 5.10 Å². The normalized spacial score (nSPS) is 18.2. The molecule has 0 atom stereocenters. The molecule has 0 aromatic heterocycles. The highest BCUT2D eigenvalue weighted by Gasteiger charge is 2.29. The Balaban J connectivity index is 2.01. The summed E-state index contributed by atoms with van der Waals surface area (Å²) in [4.78, 5) is 13.8. The number of benzene rings is 1. The summed E-state index contributed by atoms with van der Waals surface area (Å²) >= 11 is 1.66. The Morgan fingerprint density at radius 1 is 1.47 bits per heavy atom. The summed E-state index contributed by atoms with van der Waals surface area (Å²) in [6, 6.07) is 7.99. The van der Waals surface area contributed by atoms with Gasteiger partial charge in [-0.25, -0.2) is 5.43 Å². The monoisotopic (exact) mass is 274 g/mol. The highest BCUT2D eigenvalue weighted by molar-refractivity contribution is 8.02. The Morgan fingerprint density at radius 2 is 2.37 bits per heavy atom. The minimum Gasteiger partial charge on any atom is -0.388 e. The lowest BCUT2D eigenvalue weighted by atomic mass is 10.1. The lowest BCUT2D eigenvalue weighted by molar-refractivity contribution is -0.119. The van der Waals surface area contributed by atoms with Crippen LogP contribution in [0.4, 0.5) is 5.69 Å². The Labute approximate surface area is 115 Å². The van der Waals surface area contributed by atoms with Crippen LogP contribution in [-0.2, 0) is 4.79 Å². The van der Waals surface area contributed by atoms with E-state index in [0.717, 1.165) is 29.4 Å². The van der Waals surface area contributed by atoms with Crippen molar-refractivity contribution in [2.45, 2.75) is 0 Å². The molecule has 98 valence electrons. The predicted molar refractivity (Wildman–Crippen MR) is 77.9 cm³/mol. The van der Waals surface area contributed by atoms with Crippen LogP contribution in [0.5, 0.6) is 0 Å². The Hall–Kier alpha value is -1.95. The number of amides is 1. The number of carbonyl (C=O) groups excluding carboxylic acids is 1. The largest absolute Gasteiger partial charge is 0.388 e. The third-order valence-electron chi connectivity index (χ3n) is 3.08. The van der Waals surface area contributed by atoms with Crippen LogP contribution in [0.2, 0.25) is 0 Å². The van der Waals surface area contributed by atoms with Gasteiger partial charge in [0, 0.05) is 36.0 Å². The van der Waals surface area contributed by atoms with E-state index in [1.54, 1.807) is 11.8 Å². The summed E-state index contributed by atoms with van der Waals surface area (Å²) in [5, 5.41) is 9.21. The lowest BCUT2D eigenvalue weighted by Crippen LogP contribution is -2.45. The molecule has 1 aromatic carbocycles. The van der Waals surface area contributed by atoms with E-state index in [1.807, 2.05) is 41.6 Å². The minimum absolute atomic E-state index is 0.138. The first-order chi connectivity index (χ1) is 9.29. The number of carbonyl (C=O) groups is 1. The average Bonchev–Trinajstić information content (AvgIpc) is 2.48. The molecule has 2 N–H and O–H groups in total. The van der Waals surface area contributed by atoms with E-state index in [2.05, 4.69) is 15.8 Å². The molecule has 6 heteroatoms. The van der Waals surface area contributed by atoms with Crippen molar-refractivity contribution >= 4 is 29.2 Å².